The van der Waals surface area contributed by atoms with Crippen molar-refractivity contribution in [3.8, 4) is 0 Å². The molecule has 0 spiro atoms. The first-order valence-corrected chi connectivity index (χ1v) is 12.6. The quantitative estimate of drug-likeness (QED) is 0.338. The molecule has 0 saturated carbocycles. The predicted octanol–water partition coefficient (Wildman–Crippen LogP) is 4.51. The molecule has 7 nitrogen and oxygen atoms in total. The van der Waals surface area contributed by atoms with Crippen LogP contribution in [0.2, 0.25) is 0 Å². The number of hydrogen-bond donors (Lipinski definition) is 1. The molecule has 0 atom stereocenters. The Kier molecular flexibility index (Phi) is 6.40. The summed E-state index contributed by atoms with van der Waals surface area (Å²) in [7, 11) is -2.43. The molecule has 0 unspecified atom stereocenters. The zero-order chi connectivity index (χ0) is 22.9. The molecular formula is C21H16FIN4O3S2. The number of anilines is 1. The highest BCUT2D eigenvalue weighted by molar-refractivity contribution is 14.1. The van der Waals surface area contributed by atoms with Gasteiger partial charge in [-0.15, -0.1) is 0 Å². The Morgan fingerprint density at radius 2 is 1.88 bits per heavy atom. The molecule has 32 heavy (non-hydrogen) atoms. The van der Waals surface area contributed by atoms with Crippen molar-refractivity contribution in [1.29, 1.82) is 0 Å². The smallest absolute Gasteiger partial charge is 0.264 e. The van der Waals surface area contributed by atoms with Crippen molar-refractivity contribution in [2.24, 2.45) is 0 Å². The fourth-order valence-electron chi connectivity index (χ4n) is 3.13. The molecular weight excluding hydrogens is 566 g/mol. The van der Waals surface area contributed by atoms with Crippen LogP contribution in [0.5, 0.6) is 0 Å². The zero-order valence-corrected chi connectivity index (χ0v) is 20.4. The first-order chi connectivity index (χ1) is 15.2. The second-order valence-corrected chi connectivity index (χ2v) is 10.4. The Morgan fingerprint density at radius 1 is 1.12 bits per heavy atom. The number of sulfonamides is 1. The van der Waals surface area contributed by atoms with E-state index in [9.17, 15) is 17.6 Å². The maximum absolute atomic E-state index is 13.2. The maximum atomic E-state index is 13.2. The van der Waals surface area contributed by atoms with Gasteiger partial charge in [0.1, 0.15) is 21.7 Å². The number of halogens is 2. The van der Waals surface area contributed by atoms with Crippen LogP contribution in [0.15, 0.2) is 65.6 Å². The number of fused-ring (bicyclic) bond motifs is 1. The van der Waals surface area contributed by atoms with E-state index in [1.807, 2.05) is 22.6 Å². The fourth-order valence-corrected chi connectivity index (χ4v) is 5.46. The van der Waals surface area contributed by atoms with E-state index in [4.69, 9.17) is 0 Å². The average Bonchev–Trinajstić information content (AvgIpc) is 3.23. The molecule has 164 valence electrons. The van der Waals surface area contributed by atoms with Gasteiger partial charge in [-0.1, -0.05) is 18.2 Å². The molecule has 0 bridgehead atoms. The minimum atomic E-state index is -4.03. The van der Waals surface area contributed by atoms with Gasteiger partial charge in [0.15, 0.2) is 0 Å². The normalized spacial score (nSPS) is 11.5. The number of nitrogens with zero attached hydrogens (tertiary/aromatic N) is 3. The van der Waals surface area contributed by atoms with Gasteiger partial charge in [0, 0.05) is 17.2 Å². The fraction of sp³-hybridized carbons (Fsp3) is 0.0952. The topological polar surface area (TPSA) is 92.3 Å². The molecule has 1 heterocycles. The van der Waals surface area contributed by atoms with Crippen molar-refractivity contribution in [2.45, 2.75) is 11.4 Å². The van der Waals surface area contributed by atoms with Crippen LogP contribution in [0.1, 0.15) is 15.9 Å². The van der Waals surface area contributed by atoms with E-state index in [2.05, 4.69) is 13.5 Å². The highest BCUT2D eigenvalue weighted by Gasteiger charge is 2.24. The minimum Gasteiger partial charge on any atom is -0.337 e. The third-order valence-corrected chi connectivity index (χ3v) is 7.29. The number of carbonyl (C=O) groups is 1. The largest absolute Gasteiger partial charge is 0.337 e. The van der Waals surface area contributed by atoms with Gasteiger partial charge < -0.3 is 4.90 Å². The Morgan fingerprint density at radius 3 is 2.62 bits per heavy atom. The molecule has 3 aromatic carbocycles. The van der Waals surface area contributed by atoms with Gasteiger partial charge in [-0.2, -0.15) is 8.75 Å². The van der Waals surface area contributed by atoms with E-state index < -0.39 is 10.0 Å². The predicted molar refractivity (Wildman–Crippen MR) is 130 cm³/mol. The third-order valence-electron chi connectivity index (χ3n) is 4.67. The molecule has 1 amide bonds. The SMILES string of the molecule is CN(Cc1ccc(F)cc1)C(=O)c1ccc(I)cc1NS(=O)(=O)c1cccc2nsnc12. The van der Waals surface area contributed by atoms with Gasteiger partial charge in [-0.25, -0.2) is 12.8 Å². The summed E-state index contributed by atoms with van der Waals surface area (Å²) < 4.78 is 50.9. The second-order valence-electron chi connectivity index (χ2n) is 6.97. The second kappa shape index (κ2) is 9.08. The van der Waals surface area contributed by atoms with E-state index in [1.54, 1.807) is 49.5 Å². The van der Waals surface area contributed by atoms with Crippen LogP contribution in [0.3, 0.4) is 0 Å². The highest BCUT2D eigenvalue weighted by atomic mass is 127. The van der Waals surface area contributed by atoms with E-state index in [-0.39, 0.29) is 39.9 Å². The van der Waals surface area contributed by atoms with Crippen molar-refractivity contribution < 1.29 is 17.6 Å². The lowest BCUT2D eigenvalue weighted by Crippen LogP contribution is -2.27. The average molecular weight is 582 g/mol. The van der Waals surface area contributed by atoms with Crippen LogP contribution < -0.4 is 4.72 Å². The third kappa shape index (κ3) is 4.74. The first kappa shape index (κ1) is 22.6. The summed E-state index contributed by atoms with van der Waals surface area (Å²) in [5, 5.41) is 0. The van der Waals surface area contributed by atoms with Gasteiger partial charge in [0.2, 0.25) is 0 Å². The lowest BCUT2D eigenvalue weighted by atomic mass is 10.1. The molecule has 1 N–H and O–H groups in total. The molecule has 4 aromatic rings. The summed E-state index contributed by atoms with van der Waals surface area (Å²) in [5.41, 5.74) is 1.86. The maximum Gasteiger partial charge on any atom is 0.264 e. The van der Waals surface area contributed by atoms with Gasteiger partial charge in [0.25, 0.3) is 15.9 Å². The van der Waals surface area contributed by atoms with Crippen LogP contribution in [0.4, 0.5) is 10.1 Å². The number of nitrogens with one attached hydrogen (secondary N) is 1. The molecule has 0 aliphatic rings. The van der Waals surface area contributed by atoms with Gasteiger partial charge in [-0.3, -0.25) is 9.52 Å². The van der Waals surface area contributed by atoms with E-state index in [0.717, 1.165) is 20.9 Å². The van der Waals surface area contributed by atoms with Crippen LogP contribution in [-0.2, 0) is 16.6 Å². The number of hydrogen-bond acceptors (Lipinski definition) is 6. The number of benzene rings is 3. The van der Waals surface area contributed by atoms with Crippen LogP contribution in [0.25, 0.3) is 11.0 Å². The standard InChI is InChI=1S/C21H16FIN4O3S2/c1-27(12-13-5-7-14(22)8-6-13)21(28)16-10-9-15(23)11-18(16)26-32(29,30)19-4-2-3-17-20(19)25-31-24-17/h2-11,26H,12H2,1H3. The monoisotopic (exact) mass is 582 g/mol. The molecule has 0 aliphatic carbocycles. The lowest BCUT2D eigenvalue weighted by molar-refractivity contribution is 0.0786. The lowest BCUT2D eigenvalue weighted by Gasteiger charge is -2.20. The van der Waals surface area contributed by atoms with Crippen LogP contribution >= 0.6 is 34.3 Å². The number of rotatable bonds is 6. The first-order valence-electron chi connectivity index (χ1n) is 9.28. The van der Waals surface area contributed by atoms with Gasteiger partial charge in [0.05, 0.1) is 23.0 Å². The molecule has 0 aliphatic heterocycles. The summed E-state index contributed by atoms with van der Waals surface area (Å²) in [6.45, 7) is 0.237. The Hall–Kier alpha value is -2.64. The summed E-state index contributed by atoms with van der Waals surface area (Å²) in [5.74, 6) is -0.737. The minimum absolute atomic E-state index is 0.0133. The summed E-state index contributed by atoms with van der Waals surface area (Å²) in [4.78, 5) is 14.6. The summed E-state index contributed by atoms with van der Waals surface area (Å²) in [6.07, 6.45) is 0. The van der Waals surface area contributed by atoms with E-state index in [1.165, 1.54) is 23.1 Å². The molecule has 1 aromatic heterocycles. The Balaban J connectivity index is 1.65. The van der Waals surface area contributed by atoms with Gasteiger partial charge >= 0.3 is 0 Å². The van der Waals surface area contributed by atoms with E-state index >= 15 is 0 Å². The summed E-state index contributed by atoms with van der Waals surface area (Å²) in [6, 6.07) is 15.5. The number of amides is 1. The van der Waals surface area contributed by atoms with Crippen molar-refractivity contribution in [1.82, 2.24) is 13.6 Å². The zero-order valence-electron chi connectivity index (χ0n) is 16.6. The Bertz CT molecular complexity index is 1410. The van der Waals surface area contributed by atoms with Crippen molar-refractivity contribution in [3.05, 3.63) is 81.2 Å². The Labute approximate surface area is 201 Å². The van der Waals surface area contributed by atoms with Crippen LogP contribution in [0, 0.1) is 9.39 Å². The van der Waals surface area contributed by atoms with Crippen LogP contribution in [-0.4, -0.2) is 35.0 Å². The summed E-state index contributed by atoms with van der Waals surface area (Å²) >= 11 is 2.98. The number of carbonyl (C=O) groups excluding carboxylic acids is 1. The van der Waals surface area contributed by atoms with Crippen molar-refractivity contribution in [2.75, 3.05) is 11.8 Å². The van der Waals surface area contributed by atoms with Crippen molar-refractivity contribution >= 4 is 67.0 Å². The molecule has 0 saturated heterocycles. The van der Waals surface area contributed by atoms with E-state index in [0.29, 0.717) is 5.52 Å². The molecule has 4 rings (SSSR count). The molecule has 0 fully saturated rings. The van der Waals surface area contributed by atoms with Crippen molar-refractivity contribution in [3.63, 3.8) is 0 Å². The molecule has 11 heteroatoms. The molecule has 0 radical (unpaired) electrons. The van der Waals surface area contributed by atoms with Gasteiger partial charge in [-0.05, 0) is 70.6 Å². The highest BCUT2D eigenvalue weighted by Crippen LogP contribution is 2.27. The number of aromatic nitrogens is 2.